The number of anilines is 1. The first kappa shape index (κ1) is 13.7. The van der Waals surface area contributed by atoms with Crippen LogP contribution in [0.2, 0.25) is 0 Å². The predicted molar refractivity (Wildman–Crippen MR) is 67.9 cm³/mol. The van der Waals surface area contributed by atoms with Gasteiger partial charge in [0, 0.05) is 16.9 Å². The molecule has 1 amide bonds. The molecule has 0 aromatic heterocycles. The number of hydrogen-bond donors (Lipinski definition) is 3. The maximum atomic E-state index is 11.6. The molecule has 5 nitrogen and oxygen atoms in total. The third kappa shape index (κ3) is 3.54. The Hall–Kier alpha value is -1.40. The summed E-state index contributed by atoms with van der Waals surface area (Å²) in [6.07, 6.45) is 0. The van der Waals surface area contributed by atoms with E-state index in [-0.39, 0.29) is 23.9 Å². The van der Waals surface area contributed by atoms with Crippen LogP contribution in [0.15, 0.2) is 22.7 Å². The van der Waals surface area contributed by atoms with E-state index in [0.29, 0.717) is 10.2 Å². The number of hydrogen-bond acceptors (Lipinski definition) is 3. The predicted octanol–water partition coefficient (Wildman–Crippen LogP) is 1.68. The van der Waals surface area contributed by atoms with Gasteiger partial charge in [-0.3, -0.25) is 4.79 Å². The van der Waals surface area contributed by atoms with E-state index < -0.39 is 5.97 Å². The number of carbonyl (C=O) groups excluding carboxylic acids is 1. The van der Waals surface area contributed by atoms with Crippen molar-refractivity contribution in [2.75, 3.05) is 11.9 Å². The van der Waals surface area contributed by atoms with E-state index in [1.807, 2.05) is 0 Å². The molecule has 1 aromatic carbocycles. The van der Waals surface area contributed by atoms with Gasteiger partial charge in [0.05, 0.1) is 11.3 Å². The average molecular weight is 301 g/mol. The van der Waals surface area contributed by atoms with Crippen molar-refractivity contribution in [3.8, 4) is 0 Å². The standard InChI is InChI=1S/C11H13BrN2O3/c1-6(5-13)10(15)14-9-4-7(11(16)17)2-3-8(9)12/h2-4,6H,5,13H2,1H3,(H,14,15)(H,16,17). The van der Waals surface area contributed by atoms with Gasteiger partial charge in [0.2, 0.25) is 5.91 Å². The summed E-state index contributed by atoms with van der Waals surface area (Å²) in [6, 6.07) is 4.42. The van der Waals surface area contributed by atoms with Crippen LogP contribution >= 0.6 is 15.9 Å². The molecule has 0 aliphatic heterocycles. The maximum absolute atomic E-state index is 11.6. The van der Waals surface area contributed by atoms with Crippen molar-refractivity contribution >= 4 is 33.5 Å². The highest BCUT2D eigenvalue weighted by atomic mass is 79.9. The molecule has 1 unspecified atom stereocenters. The first-order chi connectivity index (χ1) is 7.95. The number of carboxylic acid groups (broad SMARTS) is 1. The second kappa shape index (κ2) is 5.79. The van der Waals surface area contributed by atoms with E-state index in [2.05, 4.69) is 21.2 Å². The summed E-state index contributed by atoms with van der Waals surface area (Å²) in [4.78, 5) is 22.4. The Balaban J connectivity index is 2.94. The lowest BCUT2D eigenvalue weighted by molar-refractivity contribution is -0.119. The first-order valence-corrected chi connectivity index (χ1v) is 5.78. The van der Waals surface area contributed by atoms with Gasteiger partial charge in [-0.15, -0.1) is 0 Å². The zero-order chi connectivity index (χ0) is 13.0. The fourth-order valence-electron chi connectivity index (χ4n) is 1.12. The topological polar surface area (TPSA) is 92.4 Å². The Morgan fingerprint density at radius 2 is 2.18 bits per heavy atom. The summed E-state index contributed by atoms with van der Waals surface area (Å²) in [7, 11) is 0. The quantitative estimate of drug-likeness (QED) is 0.789. The van der Waals surface area contributed by atoms with Crippen LogP contribution in [-0.4, -0.2) is 23.5 Å². The highest BCUT2D eigenvalue weighted by molar-refractivity contribution is 9.10. The summed E-state index contributed by atoms with van der Waals surface area (Å²) in [5.74, 6) is -1.61. The van der Waals surface area contributed by atoms with Crippen LogP contribution in [0.3, 0.4) is 0 Å². The Morgan fingerprint density at radius 1 is 1.53 bits per heavy atom. The van der Waals surface area contributed by atoms with E-state index in [0.717, 1.165) is 0 Å². The lowest BCUT2D eigenvalue weighted by Gasteiger charge is -2.11. The van der Waals surface area contributed by atoms with E-state index in [4.69, 9.17) is 10.8 Å². The number of carbonyl (C=O) groups is 2. The number of halogens is 1. The molecule has 0 saturated carbocycles. The van der Waals surface area contributed by atoms with E-state index in [1.54, 1.807) is 13.0 Å². The van der Waals surface area contributed by atoms with Gasteiger partial charge in [-0.1, -0.05) is 6.92 Å². The average Bonchev–Trinajstić information content (AvgIpc) is 2.30. The van der Waals surface area contributed by atoms with Gasteiger partial charge in [-0.2, -0.15) is 0 Å². The molecule has 0 bridgehead atoms. The van der Waals surface area contributed by atoms with Gasteiger partial charge in [-0.05, 0) is 34.1 Å². The smallest absolute Gasteiger partial charge is 0.335 e. The van der Waals surface area contributed by atoms with Crippen molar-refractivity contribution in [1.82, 2.24) is 0 Å². The summed E-state index contributed by atoms with van der Waals surface area (Å²) in [6.45, 7) is 1.94. The fourth-order valence-corrected chi connectivity index (χ4v) is 1.46. The van der Waals surface area contributed by atoms with Gasteiger partial charge in [0.15, 0.2) is 0 Å². The molecule has 1 atom stereocenters. The van der Waals surface area contributed by atoms with Crippen molar-refractivity contribution in [2.24, 2.45) is 11.7 Å². The molecule has 0 aliphatic rings. The van der Waals surface area contributed by atoms with Crippen LogP contribution in [0.5, 0.6) is 0 Å². The lowest BCUT2D eigenvalue weighted by Crippen LogP contribution is -2.26. The van der Waals surface area contributed by atoms with Crippen LogP contribution < -0.4 is 11.1 Å². The molecule has 4 N–H and O–H groups in total. The number of amides is 1. The molecule has 92 valence electrons. The van der Waals surface area contributed by atoms with Crippen LogP contribution in [0.4, 0.5) is 5.69 Å². The summed E-state index contributed by atoms with van der Waals surface area (Å²) in [5, 5.41) is 11.5. The molecule has 0 fully saturated rings. The van der Waals surface area contributed by atoms with Gasteiger partial charge in [0.1, 0.15) is 0 Å². The summed E-state index contributed by atoms with van der Waals surface area (Å²) >= 11 is 3.24. The van der Waals surface area contributed by atoms with Crippen molar-refractivity contribution in [1.29, 1.82) is 0 Å². The van der Waals surface area contributed by atoms with Crippen molar-refractivity contribution in [2.45, 2.75) is 6.92 Å². The molecule has 1 rings (SSSR count). The minimum Gasteiger partial charge on any atom is -0.478 e. The third-order valence-corrected chi connectivity index (χ3v) is 2.96. The lowest BCUT2D eigenvalue weighted by atomic mass is 10.1. The van der Waals surface area contributed by atoms with Gasteiger partial charge in [-0.25, -0.2) is 4.79 Å². The zero-order valence-electron chi connectivity index (χ0n) is 9.24. The largest absolute Gasteiger partial charge is 0.478 e. The molecule has 0 heterocycles. The summed E-state index contributed by atoms with van der Waals surface area (Å²) in [5.41, 5.74) is 5.92. The van der Waals surface area contributed by atoms with Crippen LogP contribution in [0, 0.1) is 5.92 Å². The van der Waals surface area contributed by atoms with Gasteiger partial charge in [0.25, 0.3) is 0 Å². The Labute approximate surface area is 107 Å². The van der Waals surface area contributed by atoms with Crippen molar-refractivity contribution < 1.29 is 14.7 Å². The molecule has 17 heavy (non-hydrogen) atoms. The van der Waals surface area contributed by atoms with Crippen LogP contribution in [-0.2, 0) is 4.79 Å². The highest BCUT2D eigenvalue weighted by Gasteiger charge is 2.13. The minimum absolute atomic E-state index is 0.115. The SMILES string of the molecule is CC(CN)C(=O)Nc1cc(C(=O)O)ccc1Br. The molecular formula is C11H13BrN2O3. The molecular weight excluding hydrogens is 288 g/mol. The number of benzene rings is 1. The monoisotopic (exact) mass is 300 g/mol. The molecule has 0 saturated heterocycles. The van der Waals surface area contributed by atoms with Crippen LogP contribution in [0.25, 0.3) is 0 Å². The number of rotatable bonds is 4. The fraction of sp³-hybridized carbons (Fsp3) is 0.273. The Morgan fingerprint density at radius 3 is 2.71 bits per heavy atom. The van der Waals surface area contributed by atoms with Crippen LogP contribution in [0.1, 0.15) is 17.3 Å². The number of carboxylic acids is 1. The Bertz CT molecular complexity index is 448. The Kier molecular flexibility index (Phi) is 4.65. The second-order valence-electron chi connectivity index (χ2n) is 3.63. The second-order valence-corrected chi connectivity index (χ2v) is 4.48. The normalized spacial score (nSPS) is 11.9. The number of aromatic carboxylic acids is 1. The molecule has 1 aromatic rings. The number of nitrogens with two attached hydrogens (primary N) is 1. The van der Waals surface area contributed by atoms with Crippen molar-refractivity contribution in [3.05, 3.63) is 28.2 Å². The zero-order valence-corrected chi connectivity index (χ0v) is 10.8. The maximum Gasteiger partial charge on any atom is 0.335 e. The van der Waals surface area contributed by atoms with Gasteiger partial charge >= 0.3 is 5.97 Å². The molecule has 6 heteroatoms. The highest BCUT2D eigenvalue weighted by Crippen LogP contribution is 2.24. The molecule has 0 spiro atoms. The van der Waals surface area contributed by atoms with E-state index >= 15 is 0 Å². The minimum atomic E-state index is -1.04. The third-order valence-electron chi connectivity index (χ3n) is 2.27. The van der Waals surface area contributed by atoms with E-state index in [9.17, 15) is 9.59 Å². The van der Waals surface area contributed by atoms with Gasteiger partial charge < -0.3 is 16.2 Å². The van der Waals surface area contributed by atoms with Crippen molar-refractivity contribution in [3.63, 3.8) is 0 Å². The first-order valence-electron chi connectivity index (χ1n) is 4.99. The molecule has 0 radical (unpaired) electrons. The summed E-state index contributed by atoms with van der Waals surface area (Å²) < 4.78 is 0.625. The molecule has 0 aliphatic carbocycles. The number of nitrogens with one attached hydrogen (secondary N) is 1. The van der Waals surface area contributed by atoms with E-state index in [1.165, 1.54) is 12.1 Å².